The number of rotatable bonds is 4. The lowest BCUT2D eigenvalue weighted by Crippen LogP contribution is -2.50. The number of alkyl halides is 3. The van der Waals surface area contributed by atoms with Crippen LogP contribution in [-0.2, 0) is 6.18 Å². The fraction of sp³-hybridized carbons (Fsp3) is 0.478. The van der Waals surface area contributed by atoms with Crippen molar-refractivity contribution in [3.8, 4) is 0 Å². The number of pyridine rings is 1. The summed E-state index contributed by atoms with van der Waals surface area (Å²) in [6, 6.07) is 10.4. The summed E-state index contributed by atoms with van der Waals surface area (Å²) in [5.74, 6) is -0.0842. The Morgan fingerprint density at radius 2 is 1.73 bits per heavy atom. The van der Waals surface area contributed by atoms with Gasteiger partial charge in [0.05, 0.1) is 5.56 Å². The number of halogens is 3. The third-order valence-electron chi connectivity index (χ3n) is 6.34. The SMILES string of the molecule is CN(C)C1CCN(c2ccc(NC(=O)N3CCN(c4ncccc4C(F)(F)F)CC3)cc2)C1. The first-order chi connectivity index (χ1) is 15.7. The van der Waals surface area contributed by atoms with Crippen LogP contribution in [0, 0.1) is 0 Å². The second kappa shape index (κ2) is 9.46. The first kappa shape index (κ1) is 23.2. The van der Waals surface area contributed by atoms with Gasteiger partial charge in [-0.25, -0.2) is 9.78 Å². The number of nitrogens with zero attached hydrogens (tertiary/aromatic N) is 5. The van der Waals surface area contributed by atoms with Crippen molar-refractivity contribution >= 4 is 23.2 Å². The van der Waals surface area contributed by atoms with E-state index in [9.17, 15) is 18.0 Å². The van der Waals surface area contributed by atoms with E-state index in [1.807, 2.05) is 24.3 Å². The van der Waals surface area contributed by atoms with E-state index in [2.05, 4.69) is 34.2 Å². The molecule has 1 aromatic carbocycles. The summed E-state index contributed by atoms with van der Waals surface area (Å²) in [6.45, 7) is 3.19. The van der Waals surface area contributed by atoms with Crippen LogP contribution >= 0.6 is 0 Å². The van der Waals surface area contributed by atoms with E-state index < -0.39 is 11.7 Å². The van der Waals surface area contributed by atoms with Crippen molar-refractivity contribution in [2.75, 3.05) is 68.5 Å². The van der Waals surface area contributed by atoms with Crippen molar-refractivity contribution in [2.24, 2.45) is 0 Å². The zero-order chi connectivity index (χ0) is 23.6. The van der Waals surface area contributed by atoms with Gasteiger partial charge in [-0.05, 0) is 56.9 Å². The number of piperazine rings is 1. The minimum atomic E-state index is -4.47. The highest BCUT2D eigenvalue weighted by Crippen LogP contribution is 2.35. The molecule has 0 radical (unpaired) electrons. The number of anilines is 3. The highest BCUT2D eigenvalue weighted by atomic mass is 19.4. The van der Waals surface area contributed by atoms with Crippen LogP contribution in [0.1, 0.15) is 12.0 Å². The van der Waals surface area contributed by atoms with Crippen LogP contribution in [0.2, 0.25) is 0 Å². The van der Waals surface area contributed by atoms with E-state index in [4.69, 9.17) is 0 Å². The molecule has 4 rings (SSSR count). The highest BCUT2D eigenvalue weighted by molar-refractivity contribution is 5.89. The molecular weight excluding hydrogens is 433 g/mol. The van der Waals surface area contributed by atoms with Crippen LogP contribution in [0.3, 0.4) is 0 Å². The average Bonchev–Trinajstić information content (AvgIpc) is 3.30. The normalized spacial score (nSPS) is 19.3. The first-order valence-corrected chi connectivity index (χ1v) is 11.1. The maximum atomic E-state index is 13.3. The number of carbonyl (C=O) groups is 1. The van der Waals surface area contributed by atoms with Gasteiger partial charge in [-0.2, -0.15) is 13.2 Å². The Kier molecular flexibility index (Phi) is 6.64. The minimum Gasteiger partial charge on any atom is -0.370 e. The average molecular weight is 463 g/mol. The van der Waals surface area contributed by atoms with Crippen LogP contribution in [0.15, 0.2) is 42.6 Å². The van der Waals surface area contributed by atoms with Gasteiger partial charge in [-0.1, -0.05) is 0 Å². The van der Waals surface area contributed by atoms with Gasteiger partial charge in [0.1, 0.15) is 5.82 Å². The zero-order valence-electron chi connectivity index (χ0n) is 18.8. The molecule has 2 aromatic rings. The van der Waals surface area contributed by atoms with Gasteiger partial charge >= 0.3 is 12.2 Å². The molecule has 2 fully saturated rings. The number of benzene rings is 1. The number of aromatic nitrogens is 1. The van der Waals surface area contributed by atoms with Crippen LogP contribution < -0.4 is 15.1 Å². The summed E-state index contributed by atoms with van der Waals surface area (Å²) < 4.78 is 39.9. The van der Waals surface area contributed by atoms with Crippen molar-refractivity contribution < 1.29 is 18.0 Å². The summed E-state index contributed by atoms with van der Waals surface area (Å²) in [6.07, 6.45) is -1.98. The fourth-order valence-corrected chi connectivity index (χ4v) is 4.35. The van der Waals surface area contributed by atoms with Gasteiger partial charge in [0, 0.05) is 62.9 Å². The van der Waals surface area contributed by atoms with E-state index in [-0.39, 0.29) is 24.9 Å². The summed E-state index contributed by atoms with van der Waals surface area (Å²) in [4.78, 5) is 24.4. The second-order valence-electron chi connectivity index (χ2n) is 8.68. The van der Waals surface area contributed by atoms with Gasteiger partial charge < -0.3 is 24.9 Å². The molecule has 1 atom stereocenters. The molecule has 0 aliphatic carbocycles. The summed E-state index contributed by atoms with van der Waals surface area (Å²) >= 11 is 0. The highest BCUT2D eigenvalue weighted by Gasteiger charge is 2.36. The maximum absolute atomic E-state index is 13.3. The van der Waals surface area contributed by atoms with Crippen molar-refractivity contribution in [1.29, 1.82) is 0 Å². The van der Waals surface area contributed by atoms with E-state index in [1.54, 1.807) is 9.80 Å². The number of likely N-dealkylation sites (N-methyl/N-ethyl adjacent to an activating group) is 1. The molecule has 10 heteroatoms. The van der Waals surface area contributed by atoms with Crippen LogP contribution in [0.5, 0.6) is 0 Å². The Hall–Kier alpha value is -3.01. The van der Waals surface area contributed by atoms with Crippen molar-refractivity contribution in [1.82, 2.24) is 14.8 Å². The van der Waals surface area contributed by atoms with Gasteiger partial charge in [0.2, 0.25) is 0 Å². The monoisotopic (exact) mass is 462 g/mol. The van der Waals surface area contributed by atoms with E-state index in [0.717, 1.165) is 31.3 Å². The molecule has 7 nitrogen and oxygen atoms in total. The van der Waals surface area contributed by atoms with Gasteiger partial charge in [0.25, 0.3) is 0 Å². The molecular formula is C23H29F3N6O. The topological polar surface area (TPSA) is 55.0 Å². The quantitative estimate of drug-likeness (QED) is 0.753. The van der Waals surface area contributed by atoms with E-state index >= 15 is 0 Å². The lowest BCUT2D eigenvalue weighted by Gasteiger charge is -2.36. The Labute approximate surface area is 191 Å². The van der Waals surface area contributed by atoms with E-state index in [1.165, 1.54) is 12.3 Å². The second-order valence-corrected chi connectivity index (χ2v) is 8.68. The molecule has 2 aliphatic rings. The molecule has 0 bridgehead atoms. The molecule has 1 aromatic heterocycles. The molecule has 0 spiro atoms. The van der Waals surface area contributed by atoms with Gasteiger partial charge in [-0.15, -0.1) is 0 Å². The Morgan fingerprint density at radius 3 is 2.33 bits per heavy atom. The third kappa shape index (κ3) is 5.32. The Balaban J connectivity index is 1.31. The molecule has 1 N–H and O–H groups in total. The fourth-order valence-electron chi connectivity index (χ4n) is 4.35. The molecule has 2 amide bonds. The number of amides is 2. The van der Waals surface area contributed by atoms with Crippen molar-refractivity contribution in [2.45, 2.75) is 18.6 Å². The predicted molar refractivity (Wildman–Crippen MR) is 123 cm³/mol. The van der Waals surface area contributed by atoms with Crippen LogP contribution in [0.4, 0.5) is 35.2 Å². The predicted octanol–water partition coefficient (Wildman–Crippen LogP) is 3.59. The molecule has 2 aliphatic heterocycles. The lowest BCUT2D eigenvalue weighted by atomic mass is 10.2. The molecule has 0 saturated carbocycles. The smallest absolute Gasteiger partial charge is 0.370 e. The lowest BCUT2D eigenvalue weighted by molar-refractivity contribution is -0.137. The molecule has 33 heavy (non-hydrogen) atoms. The van der Waals surface area contributed by atoms with Crippen molar-refractivity contribution in [3.63, 3.8) is 0 Å². The molecule has 178 valence electrons. The zero-order valence-corrected chi connectivity index (χ0v) is 18.8. The molecule has 3 heterocycles. The molecule has 2 saturated heterocycles. The van der Waals surface area contributed by atoms with Crippen LogP contribution in [0.25, 0.3) is 0 Å². The largest absolute Gasteiger partial charge is 0.419 e. The maximum Gasteiger partial charge on any atom is 0.419 e. The minimum absolute atomic E-state index is 0.0842. The van der Waals surface area contributed by atoms with Crippen LogP contribution in [-0.4, -0.2) is 80.2 Å². The number of hydrogen-bond donors (Lipinski definition) is 1. The Bertz CT molecular complexity index is 957. The van der Waals surface area contributed by atoms with Crippen molar-refractivity contribution in [3.05, 3.63) is 48.2 Å². The molecule has 1 unspecified atom stereocenters. The summed E-state index contributed by atoms with van der Waals surface area (Å²) in [5, 5.41) is 2.89. The van der Waals surface area contributed by atoms with Gasteiger partial charge in [-0.3, -0.25) is 0 Å². The number of carbonyl (C=O) groups excluding carboxylic acids is 1. The number of hydrogen-bond acceptors (Lipinski definition) is 5. The first-order valence-electron chi connectivity index (χ1n) is 11.1. The number of nitrogens with one attached hydrogen (secondary N) is 1. The van der Waals surface area contributed by atoms with Gasteiger partial charge in [0.15, 0.2) is 0 Å². The van der Waals surface area contributed by atoms with E-state index in [0.29, 0.717) is 24.8 Å². The summed E-state index contributed by atoms with van der Waals surface area (Å²) in [5.41, 5.74) is 1.07. The summed E-state index contributed by atoms with van der Waals surface area (Å²) in [7, 11) is 4.19. The Morgan fingerprint density at radius 1 is 1.03 bits per heavy atom. The third-order valence-corrected chi connectivity index (χ3v) is 6.34. The standard InChI is InChI=1S/C23H29F3N6O/c1-29(2)19-9-11-32(16-19)18-7-5-17(6-8-18)28-22(33)31-14-12-30(13-15-31)21-20(23(24,25)26)4-3-10-27-21/h3-8,10,19H,9,11-16H2,1-2H3,(H,28,33). The number of urea groups is 1.